The van der Waals surface area contributed by atoms with Gasteiger partial charge in [0, 0.05) is 56.3 Å². The highest BCUT2D eigenvalue weighted by atomic mass is 16.5. The number of nitrogens with one attached hydrogen (secondary N) is 11. The van der Waals surface area contributed by atoms with Crippen molar-refractivity contribution in [1.82, 2.24) is 63.5 Å². The second-order valence-corrected chi connectivity index (χ2v) is 19.0. The first-order valence-corrected chi connectivity index (χ1v) is 25.2. The van der Waals surface area contributed by atoms with Crippen LogP contribution >= 0.6 is 0 Å². The summed E-state index contributed by atoms with van der Waals surface area (Å²) in [6, 6.07) is -13.0. The summed E-state index contributed by atoms with van der Waals surface area (Å²) in [6.45, 7) is -1.37. The molecule has 0 radical (unpaired) electrons. The van der Waals surface area contributed by atoms with Crippen LogP contribution in [0.2, 0.25) is 0 Å². The molecular formula is C45H65N14O20-. The summed E-state index contributed by atoms with van der Waals surface area (Å²) in [5.74, 6) is -16.2. The normalized spacial score (nSPS) is 24.5. The second kappa shape index (κ2) is 28.5. The highest BCUT2D eigenvalue weighted by Crippen LogP contribution is 2.32. The number of amides is 9. The number of aliphatic hydroxyl groups excluding tert-OH is 4. The molecule has 4 heterocycles. The molecule has 0 aromatic carbocycles. The molecule has 1 aliphatic carbocycles. The van der Waals surface area contributed by atoms with E-state index in [0.717, 1.165) is 0 Å². The van der Waals surface area contributed by atoms with Gasteiger partial charge in [-0.2, -0.15) is 0 Å². The Morgan fingerprint density at radius 2 is 1.48 bits per heavy atom. The minimum Gasteiger partial charge on any atom is -0.550 e. The van der Waals surface area contributed by atoms with Crippen molar-refractivity contribution in [2.24, 2.45) is 5.92 Å². The second-order valence-electron chi connectivity index (χ2n) is 19.0. The minimum absolute atomic E-state index is 0.00513. The van der Waals surface area contributed by atoms with Crippen molar-refractivity contribution in [3.05, 3.63) is 23.7 Å². The Morgan fingerprint density at radius 1 is 0.772 bits per heavy atom. The maximum Gasteiger partial charge on any atom is 0.268 e. The van der Waals surface area contributed by atoms with Gasteiger partial charge < -0.3 is 98.4 Å². The molecular weight excluding hydrogens is 1060 g/mol. The van der Waals surface area contributed by atoms with Crippen LogP contribution in [0.3, 0.4) is 0 Å². The zero-order chi connectivity index (χ0) is 58.2. The zero-order valence-corrected chi connectivity index (χ0v) is 42.4. The van der Waals surface area contributed by atoms with Crippen molar-refractivity contribution in [2.75, 3.05) is 39.3 Å². The summed E-state index contributed by atoms with van der Waals surface area (Å²) in [5.41, 5.74) is 3.68. The number of aliphatic hydroxyl groups is 4. The molecule has 0 saturated carbocycles. The van der Waals surface area contributed by atoms with Gasteiger partial charge in [-0.05, 0) is 51.0 Å². The Bertz CT molecular complexity index is 2470. The zero-order valence-electron chi connectivity index (χ0n) is 42.4. The Balaban J connectivity index is 1.24. The lowest BCUT2D eigenvalue weighted by Gasteiger charge is -2.40. The van der Waals surface area contributed by atoms with E-state index < -0.39 is 188 Å². The molecule has 2 fully saturated rings. The van der Waals surface area contributed by atoms with Crippen LogP contribution in [-0.4, -0.2) is 218 Å². The molecule has 9 amide bonds. The molecule has 2 saturated heterocycles. The Kier molecular flexibility index (Phi) is 22.3. The van der Waals surface area contributed by atoms with Crippen LogP contribution in [0.15, 0.2) is 23.7 Å². The average molecular weight is 1120 g/mol. The van der Waals surface area contributed by atoms with Crippen LogP contribution in [0.5, 0.6) is 0 Å². The van der Waals surface area contributed by atoms with Crippen LogP contribution in [0.25, 0.3) is 0 Å². The van der Waals surface area contributed by atoms with E-state index >= 15 is 0 Å². The first-order chi connectivity index (χ1) is 37.4. The van der Waals surface area contributed by atoms with Gasteiger partial charge in [0.05, 0.1) is 38.3 Å². The number of hydrogen-bond donors (Lipinski definition) is 17. The fraction of sp³-hybridized carbons (Fsp3) is 0.622. The van der Waals surface area contributed by atoms with E-state index in [-0.39, 0.29) is 70.5 Å². The summed E-state index contributed by atoms with van der Waals surface area (Å²) in [4.78, 5) is 154. The molecule has 5 aliphatic rings. The van der Waals surface area contributed by atoms with Gasteiger partial charge >= 0.3 is 0 Å². The molecule has 0 spiro atoms. The number of piperidine rings is 1. The predicted molar refractivity (Wildman–Crippen MR) is 253 cm³/mol. The lowest BCUT2D eigenvalue weighted by Crippen LogP contribution is -2.69. The molecule has 436 valence electrons. The van der Waals surface area contributed by atoms with Crippen LogP contribution < -0.4 is 79.5 Å². The predicted octanol–water partition coefficient (Wildman–Crippen LogP) is -13.8. The molecule has 11 unspecified atom stereocenters. The highest BCUT2D eigenvalue weighted by Gasteiger charge is 2.49. The molecule has 34 heteroatoms. The van der Waals surface area contributed by atoms with Gasteiger partial charge in [0.15, 0.2) is 17.6 Å². The van der Waals surface area contributed by atoms with E-state index in [4.69, 9.17) is 0 Å². The number of carboxylic acids is 3. The largest absolute Gasteiger partial charge is 0.550 e. The number of hydrogen-bond acceptors (Lipinski definition) is 23. The summed E-state index contributed by atoms with van der Waals surface area (Å²) in [6.07, 6.45) is -3.42. The lowest BCUT2D eigenvalue weighted by molar-refractivity contribution is -0.596. The molecule has 79 heavy (non-hydrogen) atoms. The third-order valence-electron chi connectivity index (χ3n) is 13.4. The summed E-state index contributed by atoms with van der Waals surface area (Å²) < 4.78 is 1.45. The van der Waals surface area contributed by atoms with Gasteiger partial charge in [-0.1, -0.05) is 0 Å². The number of rotatable bonds is 26. The van der Waals surface area contributed by atoms with Crippen molar-refractivity contribution >= 4 is 76.9 Å². The number of carbonyl (C=O) groups is 12. The van der Waals surface area contributed by atoms with E-state index in [9.17, 15) is 98.5 Å². The number of aliphatic carboxylic acids is 3. The Hall–Kier alpha value is -8.05. The van der Waals surface area contributed by atoms with Gasteiger partial charge in [-0.15, -0.1) is 0 Å². The van der Waals surface area contributed by atoms with Crippen LogP contribution in [0, 0.1) is 5.92 Å². The Morgan fingerprint density at radius 3 is 2.15 bits per heavy atom. The van der Waals surface area contributed by atoms with Gasteiger partial charge in [-0.25, -0.2) is 9.64 Å². The topological polar surface area (TPSA) is 541 Å². The Labute approximate surface area is 448 Å². The number of amidine groups is 1. The summed E-state index contributed by atoms with van der Waals surface area (Å²) >= 11 is 0. The van der Waals surface area contributed by atoms with E-state index in [0.29, 0.717) is 11.5 Å². The van der Waals surface area contributed by atoms with Crippen LogP contribution in [-0.2, 0) is 57.5 Å². The van der Waals surface area contributed by atoms with Crippen molar-refractivity contribution < 1.29 is 109 Å². The molecule has 12 atom stereocenters. The quantitative estimate of drug-likeness (QED) is 0.0282. The lowest BCUT2D eigenvalue weighted by atomic mass is 9.82. The van der Waals surface area contributed by atoms with E-state index in [1.54, 1.807) is 0 Å². The third-order valence-corrected chi connectivity index (χ3v) is 13.4. The molecule has 5 rings (SSSR count). The van der Waals surface area contributed by atoms with Crippen LogP contribution in [0.4, 0.5) is 0 Å². The van der Waals surface area contributed by atoms with Gasteiger partial charge in [0.2, 0.25) is 41.4 Å². The molecule has 19 N–H and O–H groups in total. The van der Waals surface area contributed by atoms with Crippen molar-refractivity contribution in [1.29, 1.82) is 0 Å². The maximum absolute atomic E-state index is 14.2. The number of quaternary nitrogens is 1. The molecule has 4 aliphatic heterocycles. The highest BCUT2D eigenvalue weighted by molar-refractivity contribution is 5.98. The summed E-state index contributed by atoms with van der Waals surface area (Å²) in [5, 5.41) is 113. The third kappa shape index (κ3) is 17.0. The van der Waals surface area contributed by atoms with Crippen LogP contribution in [0.1, 0.15) is 64.2 Å². The number of fused-ring (bicyclic) bond motifs is 2. The number of carbonyl (C=O) groups excluding carboxylic acids is 12. The van der Waals surface area contributed by atoms with E-state index in [2.05, 4.69) is 58.9 Å². The summed E-state index contributed by atoms with van der Waals surface area (Å²) in [7, 11) is 0. The fourth-order valence-corrected chi connectivity index (χ4v) is 9.36. The number of carboxylic acid groups (broad SMARTS) is 3. The standard InChI is InChI=1S/C45H66N14O20/c46-9-1-3-20(52-39(72)24(15-33(67)68)54-41(74)26-8-11-47-36-23(50-30(63)5-6-32(65)66)13-19-14-28(61)29(62)16-27(19)59(26)36)38(71)56-34(35(69)44(77)78)42(75)57-45-48-10-7-21(55-45)37(70)49-17-31(64)51-25(18-60)40(73)53-22-4-2-12-58(79)43(22)76/h14,16,19-27,34-35,45,48,55,60,69,79H,1-13,15,17-18,46H2,(H13,49,50,51,52,53,54,56,57,61,62,63,64,65,66,67,68,70,71,72,73,74,75,77,78)/p-1/t19?,20?,21?,22?,23?,24?,25?,26-,27?,34?,35?,45?/m0/s1. The minimum atomic E-state index is -2.76. The van der Waals surface area contributed by atoms with Crippen molar-refractivity contribution in [3.8, 4) is 0 Å². The number of nitrogens with zero attached hydrogens (tertiary/aromatic N) is 2. The monoisotopic (exact) mass is 1120 g/mol. The smallest absolute Gasteiger partial charge is 0.268 e. The van der Waals surface area contributed by atoms with Crippen molar-refractivity contribution in [2.45, 2.75) is 131 Å². The maximum atomic E-state index is 14.2. The molecule has 0 aromatic heterocycles. The van der Waals surface area contributed by atoms with Gasteiger partial charge in [0.1, 0.15) is 54.7 Å². The van der Waals surface area contributed by atoms with E-state index in [1.807, 2.05) is 5.32 Å². The number of hydroxylamine groups is 2. The molecule has 34 nitrogen and oxygen atoms in total. The molecule has 0 aromatic rings. The average Bonchev–Trinajstić information content (AvgIpc) is 3.55. The van der Waals surface area contributed by atoms with Gasteiger partial charge in [0.25, 0.3) is 17.6 Å². The first-order valence-electron chi connectivity index (χ1n) is 25.2. The first kappa shape index (κ1) is 61.8. The van der Waals surface area contributed by atoms with Gasteiger partial charge in [-0.3, -0.25) is 64.3 Å². The van der Waals surface area contributed by atoms with E-state index in [1.165, 1.54) is 16.7 Å². The SMILES string of the molecule is [NH3+]CCCC(NC(=O)C(CC(=O)[O-])NC(=O)[C@@H]1CCNC2=[N+]1C1C=C(O)C(O)=CC1CC2NC(=O)CCC(=O)[O-])C(=O)NC(C(=O)NC1NCCC(C(=O)NCC(=O)NC(CO)C(=O)NC2CCCN(O)C2=O)N1)C(O)C(=O)[O-]. The fourth-order valence-electron chi connectivity index (χ4n) is 9.36. The van der Waals surface area contributed by atoms with Crippen molar-refractivity contribution in [3.63, 3.8) is 0 Å². The molecule has 0 bridgehead atoms.